The second-order valence-corrected chi connectivity index (χ2v) is 11.5. The predicted molar refractivity (Wildman–Crippen MR) is 105 cm³/mol. The molecule has 1 saturated carbocycles. The molecule has 1 aromatic rings. The second-order valence-electron chi connectivity index (χ2n) is 7.73. The number of fused-ring (bicyclic) bond motifs is 1. The van der Waals surface area contributed by atoms with Crippen molar-refractivity contribution < 1.29 is 18.0 Å². The van der Waals surface area contributed by atoms with Crippen molar-refractivity contribution in [1.82, 2.24) is 4.90 Å². The standard InChI is InChI=1S/C19H24N2O4S2/c1-19-11-10-17(22)21(19)16(12-26-19)18(23)20-13-6-8-15(9-7-13)27(24,25)14-4-2-3-5-14/h6-9,14,16H,2-5,10-12H2,1H3,(H,20,23)/t16-,19-/m1/s1. The summed E-state index contributed by atoms with van der Waals surface area (Å²) in [6.45, 7) is 2.01. The first-order valence-corrected chi connectivity index (χ1v) is 12.0. The summed E-state index contributed by atoms with van der Waals surface area (Å²) in [7, 11) is -3.30. The first-order valence-electron chi connectivity index (χ1n) is 9.42. The summed E-state index contributed by atoms with van der Waals surface area (Å²) in [5.41, 5.74) is 0.552. The molecule has 0 aromatic heterocycles. The highest BCUT2D eigenvalue weighted by Gasteiger charge is 2.52. The third-order valence-corrected chi connectivity index (χ3v) is 9.72. The Labute approximate surface area is 164 Å². The van der Waals surface area contributed by atoms with Crippen molar-refractivity contribution in [2.45, 2.75) is 66.5 Å². The summed E-state index contributed by atoms with van der Waals surface area (Å²) < 4.78 is 25.3. The van der Waals surface area contributed by atoms with Gasteiger partial charge in [0.05, 0.1) is 15.0 Å². The van der Waals surface area contributed by atoms with E-state index in [-0.39, 0.29) is 21.9 Å². The molecule has 2 saturated heterocycles. The fourth-order valence-electron chi connectivity index (χ4n) is 4.36. The lowest BCUT2D eigenvalue weighted by molar-refractivity contribution is -0.135. The number of benzene rings is 1. The Bertz CT molecular complexity index is 862. The van der Waals surface area contributed by atoms with Gasteiger partial charge in [-0.25, -0.2) is 8.42 Å². The molecule has 0 radical (unpaired) electrons. The zero-order valence-electron chi connectivity index (χ0n) is 15.3. The third-order valence-electron chi connectivity index (χ3n) is 5.94. The van der Waals surface area contributed by atoms with Gasteiger partial charge in [0.1, 0.15) is 6.04 Å². The number of thioether (sulfide) groups is 1. The van der Waals surface area contributed by atoms with Gasteiger partial charge in [0, 0.05) is 17.9 Å². The quantitative estimate of drug-likeness (QED) is 0.828. The van der Waals surface area contributed by atoms with Gasteiger partial charge >= 0.3 is 0 Å². The molecule has 8 heteroatoms. The average Bonchev–Trinajstić information content (AvgIpc) is 3.34. The molecule has 0 unspecified atom stereocenters. The van der Waals surface area contributed by atoms with E-state index in [2.05, 4.69) is 5.32 Å². The molecule has 1 aliphatic carbocycles. The number of nitrogens with one attached hydrogen (secondary N) is 1. The summed E-state index contributed by atoms with van der Waals surface area (Å²) in [5.74, 6) is 0.399. The maximum absolute atomic E-state index is 12.7. The minimum Gasteiger partial charge on any atom is -0.324 e. The molecule has 1 N–H and O–H groups in total. The van der Waals surface area contributed by atoms with Crippen molar-refractivity contribution >= 4 is 39.1 Å². The van der Waals surface area contributed by atoms with Crippen LogP contribution in [0.5, 0.6) is 0 Å². The lowest BCUT2D eigenvalue weighted by atomic mass is 10.2. The smallest absolute Gasteiger partial charge is 0.248 e. The zero-order chi connectivity index (χ0) is 19.2. The van der Waals surface area contributed by atoms with E-state index in [0.717, 1.165) is 32.1 Å². The van der Waals surface area contributed by atoms with Crippen LogP contribution in [0.15, 0.2) is 29.2 Å². The topological polar surface area (TPSA) is 83.6 Å². The van der Waals surface area contributed by atoms with Crippen LogP contribution in [0.25, 0.3) is 0 Å². The van der Waals surface area contributed by atoms with Crippen molar-refractivity contribution in [2.24, 2.45) is 0 Å². The molecule has 2 heterocycles. The molecule has 2 amide bonds. The average molecular weight is 409 g/mol. The molecule has 3 fully saturated rings. The summed E-state index contributed by atoms with van der Waals surface area (Å²) in [6.07, 6.45) is 4.64. The summed E-state index contributed by atoms with van der Waals surface area (Å²) in [4.78, 5) is 26.6. The molecule has 6 nitrogen and oxygen atoms in total. The van der Waals surface area contributed by atoms with E-state index < -0.39 is 15.9 Å². The maximum Gasteiger partial charge on any atom is 0.248 e. The predicted octanol–water partition coefficient (Wildman–Crippen LogP) is 2.80. The molecular weight excluding hydrogens is 384 g/mol. The number of nitrogens with zero attached hydrogens (tertiary/aromatic N) is 1. The van der Waals surface area contributed by atoms with E-state index in [4.69, 9.17) is 0 Å². The van der Waals surface area contributed by atoms with Gasteiger partial charge in [0.15, 0.2) is 9.84 Å². The van der Waals surface area contributed by atoms with Gasteiger partial charge < -0.3 is 10.2 Å². The first kappa shape index (κ1) is 18.8. The molecule has 1 aromatic carbocycles. The van der Waals surface area contributed by atoms with Crippen molar-refractivity contribution in [3.8, 4) is 0 Å². The van der Waals surface area contributed by atoms with Crippen LogP contribution in [0, 0.1) is 0 Å². The SMILES string of the molecule is C[C@@]12CCC(=O)N1[C@@H](C(=O)Nc1ccc(S(=O)(=O)C3CCCC3)cc1)CS2. The van der Waals surface area contributed by atoms with Crippen LogP contribution in [0.1, 0.15) is 45.4 Å². The fraction of sp³-hybridized carbons (Fsp3) is 0.579. The monoisotopic (exact) mass is 408 g/mol. The highest BCUT2D eigenvalue weighted by molar-refractivity contribution is 8.01. The second kappa shape index (κ2) is 6.81. The van der Waals surface area contributed by atoms with Gasteiger partial charge in [-0.3, -0.25) is 9.59 Å². The van der Waals surface area contributed by atoms with Crippen LogP contribution < -0.4 is 5.32 Å². The Hall–Kier alpha value is -1.54. The van der Waals surface area contributed by atoms with Crippen LogP contribution in [0.3, 0.4) is 0 Å². The van der Waals surface area contributed by atoms with Crippen LogP contribution in [-0.2, 0) is 19.4 Å². The van der Waals surface area contributed by atoms with Gasteiger partial charge in [-0.1, -0.05) is 12.8 Å². The molecule has 3 aliphatic rings. The van der Waals surface area contributed by atoms with Crippen molar-refractivity contribution in [2.75, 3.05) is 11.1 Å². The van der Waals surface area contributed by atoms with E-state index in [1.165, 1.54) is 0 Å². The molecule has 27 heavy (non-hydrogen) atoms. The van der Waals surface area contributed by atoms with Gasteiger partial charge in [-0.15, -0.1) is 11.8 Å². The van der Waals surface area contributed by atoms with Crippen LogP contribution in [0.2, 0.25) is 0 Å². The summed E-state index contributed by atoms with van der Waals surface area (Å²) >= 11 is 1.65. The Morgan fingerprint density at radius 1 is 1.22 bits per heavy atom. The zero-order valence-corrected chi connectivity index (χ0v) is 16.9. The molecule has 146 valence electrons. The van der Waals surface area contributed by atoms with Crippen LogP contribution in [-0.4, -0.2) is 47.0 Å². The number of carbonyl (C=O) groups is 2. The molecule has 2 aliphatic heterocycles. The van der Waals surface area contributed by atoms with Crippen molar-refractivity contribution in [3.05, 3.63) is 24.3 Å². The number of hydrogen-bond acceptors (Lipinski definition) is 5. The lowest BCUT2D eigenvalue weighted by Crippen LogP contribution is -2.48. The van der Waals surface area contributed by atoms with Crippen molar-refractivity contribution in [3.63, 3.8) is 0 Å². The summed E-state index contributed by atoms with van der Waals surface area (Å²) in [6, 6.07) is 5.92. The molecular formula is C19H24N2O4S2. The number of anilines is 1. The van der Waals surface area contributed by atoms with E-state index in [1.807, 2.05) is 6.92 Å². The molecule has 2 atom stereocenters. The number of amides is 2. The summed E-state index contributed by atoms with van der Waals surface area (Å²) in [5, 5.41) is 2.56. The third kappa shape index (κ3) is 3.27. The Morgan fingerprint density at radius 3 is 2.56 bits per heavy atom. The van der Waals surface area contributed by atoms with E-state index in [0.29, 0.717) is 22.8 Å². The number of hydrogen-bond donors (Lipinski definition) is 1. The number of rotatable bonds is 4. The fourth-order valence-corrected chi connectivity index (χ4v) is 7.65. The first-order chi connectivity index (χ1) is 12.8. The Morgan fingerprint density at radius 2 is 1.89 bits per heavy atom. The van der Waals surface area contributed by atoms with E-state index in [9.17, 15) is 18.0 Å². The Kier molecular flexibility index (Phi) is 4.74. The molecule has 0 spiro atoms. The van der Waals surface area contributed by atoms with Gasteiger partial charge in [0.2, 0.25) is 11.8 Å². The van der Waals surface area contributed by atoms with Gasteiger partial charge in [-0.2, -0.15) is 0 Å². The van der Waals surface area contributed by atoms with Crippen LogP contribution in [0.4, 0.5) is 5.69 Å². The van der Waals surface area contributed by atoms with E-state index >= 15 is 0 Å². The number of carbonyl (C=O) groups excluding carboxylic acids is 2. The van der Waals surface area contributed by atoms with Gasteiger partial charge in [-0.05, 0) is 50.5 Å². The largest absolute Gasteiger partial charge is 0.324 e. The van der Waals surface area contributed by atoms with Crippen LogP contribution >= 0.6 is 11.8 Å². The van der Waals surface area contributed by atoms with Crippen molar-refractivity contribution in [1.29, 1.82) is 0 Å². The number of sulfone groups is 1. The van der Waals surface area contributed by atoms with E-state index in [1.54, 1.807) is 40.9 Å². The highest BCUT2D eigenvalue weighted by Crippen LogP contribution is 2.47. The lowest BCUT2D eigenvalue weighted by Gasteiger charge is -2.29. The molecule has 4 rings (SSSR count). The minimum absolute atomic E-state index is 0.0284. The normalized spacial score (nSPS) is 28.6. The maximum atomic E-state index is 12.7. The minimum atomic E-state index is -3.30. The highest BCUT2D eigenvalue weighted by atomic mass is 32.2. The van der Waals surface area contributed by atoms with Gasteiger partial charge in [0.25, 0.3) is 0 Å². The Balaban J connectivity index is 1.46. The molecule has 0 bridgehead atoms.